The normalized spacial score (nSPS) is 14.0. The maximum atomic E-state index is 11.8. The molecule has 3 N–H and O–H groups in total. The highest BCUT2D eigenvalue weighted by Crippen LogP contribution is 2.35. The molecule has 0 bridgehead atoms. The minimum Gasteiger partial charge on any atom is -0.494 e. The van der Waals surface area contributed by atoms with Gasteiger partial charge in [-0.15, -0.1) is 0 Å². The van der Waals surface area contributed by atoms with E-state index >= 15 is 0 Å². The summed E-state index contributed by atoms with van der Waals surface area (Å²) in [6.45, 7) is 2.34. The van der Waals surface area contributed by atoms with Gasteiger partial charge in [0.2, 0.25) is 0 Å². The molecule has 0 saturated heterocycles. The molecular formula is C23H29NO5S. The molecule has 0 amide bonds. The van der Waals surface area contributed by atoms with E-state index in [0.717, 1.165) is 29.5 Å². The van der Waals surface area contributed by atoms with Crippen molar-refractivity contribution in [3.8, 4) is 5.75 Å². The van der Waals surface area contributed by atoms with Gasteiger partial charge >= 0.3 is 0 Å². The van der Waals surface area contributed by atoms with Gasteiger partial charge in [-0.3, -0.25) is 4.55 Å². The van der Waals surface area contributed by atoms with Gasteiger partial charge in [-0.1, -0.05) is 56.5 Å². The van der Waals surface area contributed by atoms with Gasteiger partial charge in [0.25, 0.3) is 10.1 Å². The van der Waals surface area contributed by atoms with Gasteiger partial charge in [-0.25, -0.2) is 0 Å². The Balaban J connectivity index is 1.95. The molecule has 30 heavy (non-hydrogen) atoms. The lowest BCUT2D eigenvalue weighted by Crippen LogP contribution is -2.39. The minimum absolute atomic E-state index is 0.482. The van der Waals surface area contributed by atoms with E-state index in [0.29, 0.717) is 17.9 Å². The Morgan fingerprint density at radius 3 is 2.47 bits per heavy atom. The first-order chi connectivity index (χ1) is 14.4. The second-order valence-corrected chi connectivity index (χ2v) is 9.13. The molecule has 1 heterocycles. The molecule has 162 valence electrons. The third-order valence-corrected chi connectivity index (χ3v) is 6.26. The van der Waals surface area contributed by atoms with Crippen molar-refractivity contribution in [1.29, 1.82) is 0 Å². The number of aliphatic hydroxyl groups excluding tert-OH is 1. The number of rotatable bonds is 11. The number of hydrogen-bond acceptors (Lipinski definition) is 4. The molecule has 0 spiro atoms. The van der Waals surface area contributed by atoms with Gasteiger partial charge in [0.05, 0.1) is 24.4 Å². The van der Waals surface area contributed by atoms with E-state index in [9.17, 15) is 18.1 Å². The summed E-state index contributed by atoms with van der Waals surface area (Å²) in [4.78, 5) is 3.23. The van der Waals surface area contributed by atoms with Crippen molar-refractivity contribution >= 4 is 21.0 Å². The lowest BCUT2D eigenvalue weighted by molar-refractivity contribution is 0.228. The van der Waals surface area contributed by atoms with Crippen LogP contribution in [0.2, 0.25) is 0 Å². The van der Waals surface area contributed by atoms with Crippen LogP contribution in [0.25, 0.3) is 10.9 Å². The molecule has 0 fully saturated rings. The fraction of sp³-hybridized carbons (Fsp3) is 0.391. The predicted octanol–water partition coefficient (Wildman–Crippen LogP) is 4.29. The highest BCUT2D eigenvalue weighted by molar-refractivity contribution is 7.85. The number of aromatic amines is 1. The molecule has 0 saturated carbocycles. The molecule has 3 aromatic rings. The van der Waals surface area contributed by atoms with Crippen LogP contribution >= 0.6 is 0 Å². The summed E-state index contributed by atoms with van der Waals surface area (Å²) in [5.74, 6) is 0.113. The van der Waals surface area contributed by atoms with Gasteiger partial charge in [0.1, 0.15) is 5.75 Å². The monoisotopic (exact) mass is 431 g/mol. The van der Waals surface area contributed by atoms with E-state index < -0.39 is 27.9 Å². The lowest BCUT2D eigenvalue weighted by atomic mass is 9.80. The maximum Gasteiger partial charge on any atom is 0.266 e. The Morgan fingerprint density at radius 2 is 1.80 bits per heavy atom. The van der Waals surface area contributed by atoms with E-state index in [2.05, 4.69) is 11.9 Å². The SMILES string of the molecule is CCCCCCOc1ccc2[nH]c(C(CO)(CS(=O)(=O)O)c3ccccc3)cc2c1. The zero-order valence-corrected chi connectivity index (χ0v) is 18.0. The number of aliphatic hydroxyl groups is 1. The molecule has 6 nitrogen and oxygen atoms in total. The van der Waals surface area contributed by atoms with Crippen LogP contribution in [0.3, 0.4) is 0 Å². The average molecular weight is 432 g/mol. The standard InChI is InChI=1S/C23H29NO5S/c1-2-3-4-8-13-29-20-11-12-21-18(14-20)15-22(24-21)23(16-25,17-30(26,27)28)19-9-6-5-7-10-19/h5-7,9-12,14-15,24-25H,2-4,8,13,16-17H2,1H3,(H,26,27,28). The smallest absolute Gasteiger partial charge is 0.266 e. The molecule has 7 heteroatoms. The Bertz CT molecular complexity index is 1060. The molecule has 0 aliphatic carbocycles. The van der Waals surface area contributed by atoms with Crippen LogP contribution in [0.1, 0.15) is 43.9 Å². The molecule has 3 rings (SSSR count). The summed E-state index contributed by atoms with van der Waals surface area (Å²) in [6, 6.07) is 16.3. The van der Waals surface area contributed by atoms with Crippen molar-refractivity contribution in [3.63, 3.8) is 0 Å². The van der Waals surface area contributed by atoms with E-state index in [-0.39, 0.29) is 0 Å². The first kappa shape index (κ1) is 22.3. The average Bonchev–Trinajstić information content (AvgIpc) is 3.15. The maximum absolute atomic E-state index is 11.8. The zero-order valence-electron chi connectivity index (χ0n) is 17.2. The number of aromatic nitrogens is 1. The highest BCUT2D eigenvalue weighted by Gasteiger charge is 2.39. The van der Waals surface area contributed by atoms with Gasteiger partial charge in [-0.2, -0.15) is 8.42 Å². The van der Waals surface area contributed by atoms with Crippen LogP contribution in [0, 0.1) is 0 Å². The van der Waals surface area contributed by atoms with Crippen molar-refractivity contribution < 1.29 is 22.8 Å². The highest BCUT2D eigenvalue weighted by atomic mass is 32.2. The molecule has 0 aliphatic heterocycles. The Labute approximate surface area is 177 Å². The summed E-state index contributed by atoms with van der Waals surface area (Å²) >= 11 is 0. The second-order valence-electron chi connectivity index (χ2n) is 7.67. The Morgan fingerprint density at radius 1 is 1.03 bits per heavy atom. The second kappa shape index (κ2) is 9.64. The third kappa shape index (κ3) is 5.22. The summed E-state index contributed by atoms with van der Waals surface area (Å²) in [7, 11) is -4.36. The van der Waals surface area contributed by atoms with Gasteiger partial charge in [0.15, 0.2) is 0 Å². The fourth-order valence-electron chi connectivity index (χ4n) is 3.78. The van der Waals surface area contributed by atoms with Crippen LogP contribution in [-0.4, -0.2) is 42.0 Å². The third-order valence-electron chi connectivity index (χ3n) is 5.40. The molecule has 1 atom stereocenters. The zero-order chi connectivity index (χ0) is 21.6. The van der Waals surface area contributed by atoms with Crippen LogP contribution < -0.4 is 4.74 Å². The van der Waals surface area contributed by atoms with Crippen molar-refractivity contribution in [2.75, 3.05) is 19.0 Å². The molecule has 1 aromatic heterocycles. The number of ether oxygens (including phenoxy) is 1. The van der Waals surface area contributed by atoms with Crippen LogP contribution in [0.4, 0.5) is 0 Å². The van der Waals surface area contributed by atoms with Crippen molar-refractivity contribution in [1.82, 2.24) is 4.98 Å². The number of benzene rings is 2. The molecule has 0 aliphatic rings. The molecule has 0 radical (unpaired) electrons. The molecule has 2 aromatic carbocycles. The summed E-state index contributed by atoms with van der Waals surface area (Å²) < 4.78 is 39.1. The van der Waals surface area contributed by atoms with Gasteiger partial charge in [-0.05, 0) is 36.2 Å². The summed E-state index contributed by atoms with van der Waals surface area (Å²) in [5, 5.41) is 11.1. The van der Waals surface area contributed by atoms with Crippen LogP contribution in [0.15, 0.2) is 54.6 Å². The van der Waals surface area contributed by atoms with Crippen LogP contribution in [0.5, 0.6) is 5.75 Å². The Hall–Kier alpha value is -2.35. The fourth-order valence-corrected chi connectivity index (χ4v) is 4.82. The van der Waals surface area contributed by atoms with Crippen molar-refractivity contribution in [2.24, 2.45) is 0 Å². The number of hydrogen-bond donors (Lipinski definition) is 3. The predicted molar refractivity (Wildman–Crippen MR) is 119 cm³/mol. The topological polar surface area (TPSA) is 99.6 Å². The van der Waals surface area contributed by atoms with E-state index in [4.69, 9.17) is 4.74 Å². The largest absolute Gasteiger partial charge is 0.494 e. The minimum atomic E-state index is -4.36. The first-order valence-corrected chi connectivity index (χ1v) is 11.9. The first-order valence-electron chi connectivity index (χ1n) is 10.3. The van der Waals surface area contributed by atoms with Crippen LogP contribution in [-0.2, 0) is 15.5 Å². The van der Waals surface area contributed by atoms with Gasteiger partial charge in [0, 0.05) is 16.6 Å². The van der Waals surface area contributed by atoms with Crippen molar-refractivity contribution in [3.05, 3.63) is 65.9 Å². The number of H-pyrrole nitrogens is 1. The lowest BCUT2D eigenvalue weighted by Gasteiger charge is -2.30. The number of fused-ring (bicyclic) bond motifs is 1. The Kier molecular flexibility index (Phi) is 7.18. The molecule has 1 unspecified atom stereocenters. The number of unbranched alkanes of at least 4 members (excludes halogenated alkanes) is 3. The molecular weight excluding hydrogens is 402 g/mol. The van der Waals surface area contributed by atoms with E-state index in [1.54, 1.807) is 24.3 Å². The number of nitrogens with one attached hydrogen (secondary N) is 1. The summed E-state index contributed by atoms with van der Waals surface area (Å²) in [5.41, 5.74) is 0.607. The van der Waals surface area contributed by atoms with Crippen molar-refractivity contribution in [2.45, 2.75) is 38.0 Å². The summed E-state index contributed by atoms with van der Waals surface area (Å²) in [6.07, 6.45) is 4.51. The van der Waals surface area contributed by atoms with Gasteiger partial charge < -0.3 is 14.8 Å². The van der Waals surface area contributed by atoms with E-state index in [1.807, 2.05) is 30.3 Å². The quantitative estimate of drug-likeness (QED) is 0.311. The van der Waals surface area contributed by atoms with E-state index in [1.165, 1.54) is 12.8 Å².